The van der Waals surface area contributed by atoms with Crippen molar-refractivity contribution in [3.8, 4) is 5.75 Å². The molecule has 2 atom stereocenters. The number of hydrogen-bond donors (Lipinski definition) is 0. The molecule has 0 aromatic heterocycles. The minimum absolute atomic E-state index is 0.107. The van der Waals surface area contributed by atoms with E-state index < -0.39 is 52.2 Å². The van der Waals surface area contributed by atoms with Crippen molar-refractivity contribution < 1.29 is 51.6 Å². The molecule has 10 nitrogen and oxygen atoms in total. The summed E-state index contributed by atoms with van der Waals surface area (Å²) in [6.07, 6.45) is -9.60. The zero-order valence-electron chi connectivity index (χ0n) is 20.9. The Morgan fingerprint density at radius 1 is 1.14 bits per heavy atom. The number of carbonyl (C=O) groups excluding carboxylic acids is 2. The number of ether oxygens (including phenoxy) is 4. The lowest BCUT2D eigenvalue weighted by Gasteiger charge is -2.30. The molecule has 206 valence electrons. The number of halogens is 4. The highest BCUT2D eigenvalue weighted by atomic mass is 35.5. The summed E-state index contributed by atoms with van der Waals surface area (Å²) in [6, 6.07) is 2.79. The van der Waals surface area contributed by atoms with Gasteiger partial charge in [0.2, 0.25) is 12.4 Å². The van der Waals surface area contributed by atoms with Gasteiger partial charge in [0, 0.05) is 22.9 Å². The molecule has 1 aromatic rings. The van der Waals surface area contributed by atoms with Crippen LogP contribution < -0.4 is 4.74 Å². The molecule has 0 radical (unpaired) electrons. The predicted octanol–water partition coefficient (Wildman–Crippen LogP) is 5.62. The van der Waals surface area contributed by atoms with Crippen LogP contribution in [0.2, 0.25) is 5.02 Å². The minimum atomic E-state index is -4.97. The summed E-state index contributed by atoms with van der Waals surface area (Å²) in [7, 11) is 0. The van der Waals surface area contributed by atoms with Crippen LogP contribution in [0.15, 0.2) is 17.7 Å². The predicted molar refractivity (Wildman–Crippen MR) is 123 cm³/mol. The van der Waals surface area contributed by atoms with Crippen LogP contribution in [0.5, 0.6) is 5.75 Å². The highest BCUT2D eigenvalue weighted by molar-refractivity contribution is 6.31. The number of alkyl halides is 3. The first kappa shape index (κ1) is 30.0. The van der Waals surface area contributed by atoms with Gasteiger partial charge in [-0.3, -0.25) is 0 Å². The van der Waals surface area contributed by atoms with Gasteiger partial charge in [-0.15, -0.1) is 10.1 Å². The largest absolute Gasteiger partial charge is 0.511 e. The lowest BCUT2D eigenvalue weighted by molar-refractivity contribution is -0.760. The van der Waals surface area contributed by atoms with Gasteiger partial charge in [-0.05, 0) is 29.2 Å². The first-order valence-corrected chi connectivity index (χ1v) is 11.3. The second kappa shape index (κ2) is 11.0. The molecule has 0 N–H and O–H groups in total. The summed E-state index contributed by atoms with van der Waals surface area (Å²) in [4.78, 5) is 39.0. The molecule has 0 saturated carbocycles. The molecule has 1 aliphatic heterocycles. The van der Waals surface area contributed by atoms with E-state index in [9.17, 15) is 32.9 Å². The Morgan fingerprint density at radius 2 is 1.76 bits per heavy atom. The van der Waals surface area contributed by atoms with Crippen LogP contribution in [-0.2, 0) is 29.3 Å². The van der Waals surface area contributed by atoms with Gasteiger partial charge in [0.05, 0.1) is 5.57 Å². The fourth-order valence-corrected chi connectivity index (χ4v) is 3.59. The van der Waals surface area contributed by atoms with Crippen molar-refractivity contribution >= 4 is 29.8 Å². The average molecular weight is 554 g/mol. The van der Waals surface area contributed by atoms with Gasteiger partial charge in [0.1, 0.15) is 19.0 Å². The molecule has 2 rings (SSSR count). The van der Waals surface area contributed by atoms with Crippen molar-refractivity contribution in [2.75, 3.05) is 13.2 Å². The maximum atomic E-state index is 13.8. The molecule has 14 heteroatoms. The Morgan fingerprint density at radius 3 is 2.30 bits per heavy atom. The van der Waals surface area contributed by atoms with Crippen LogP contribution >= 0.6 is 11.6 Å². The molecule has 0 amide bonds. The molecule has 1 aromatic carbocycles. The molecular weight excluding hydrogens is 527 g/mol. The van der Waals surface area contributed by atoms with Crippen molar-refractivity contribution in [2.45, 2.75) is 65.5 Å². The first-order valence-electron chi connectivity index (χ1n) is 10.9. The Bertz CT molecular complexity index is 1080. The maximum Gasteiger partial charge on any atom is 0.511 e. The van der Waals surface area contributed by atoms with Gasteiger partial charge in [-0.2, -0.15) is 13.2 Å². The molecule has 0 bridgehead atoms. The molecule has 1 aliphatic rings. The number of benzene rings is 1. The zero-order chi connectivity index (χ0) is 28.3. The van der Waals surface area contributed by atoms with E-state index >= 15 is 0 Å². The fraction of sp³-hybridized carbons (Fsp3) is 0.565. The number of carbonyl (C=O) groups is 2. The van der Waals surface area contributed by atoms with E-state index in [-0.39, 0.29) is 29.5 Å². The molecule has 1 heterocycles. The number of nitrogens with zero attached hydrogens (tertiary/aromatic N) is 1. The summed E-state index contributed by atoms with van der Waals surface area (Å²) in [5.41, 5.74) is -1.62. The minimum Gasteiger partial charge on any atom is -0.475 e. The van der Waals surface area contributed by atoms with Crippen molar-refractivity contribution in [1.82, 2.24) is 0 Å². The third-order valence-electron chi connectivity index (χ3n) is 4.96. The number of rotatable bonds is 8. The van der Waals surface area contributed by atoms with Crippen LogP contribution in [-0.4, -0.2) is 49.0 Å². The summed E-state index contributed by atoms with van der Waals surface area (Å²) in [6.45, 7) is 8.86. The number of esters is 1. The lowest BCUT2D eigenvalue weighted by Crippen LogP contribution is -2.41. The van der Waals surface area contributed by atoms with Gasteiger partial charge < -0.3 is 23.8 Å². The van der Waals surface area contributed by atoms with Gasteiger partial charge in [0.15, 0.2) is 0 Å². The molecule has 37 heavy (non-hydrogen) atoms. The van der Waals surface area contributed by atoms with Crippen molar-refractivity contribution in [2.24, 2.45) is 5.41 Å². The maximum absolute atomic E-state index is 13.8. The van der Waals surface area contributed by atoms with E-state index in [1.165, 1.54) is 26.0 Å². The SMILES string of the molecule is CC(OC(=O)OCC(C)(C)CO[N+](=O)[O-])OC(=O)C1=Cc2cc(Cl)c(C(C)(C)C)cc2OC1C(F)(F)F. The van der Waals surface area contributed by atoms with E-state index in [0.717, 1.165) is 13.0 Å². The number of hydrogen-bond acceptors (Lipinski definition) is 9. The van der Waals surface area contributed by atoms with Crippen LogP contribution in [0.25, 0.3) is 6.08 Å². The third kappa shape index (κ3) is 8.41. The molecule has 2 unspecified atom stereocenters. The van der Waals surface area contributed by atoms with Crippen molar-refractivity contribution in [3.05, 3.63) is 44.0 Å². The smallest absolute Gasteiger partial charge is 0.475 e. The highest BCUT2D eigenvalue weighted by Crippen LogP contribution is 2.42. The Kier molecular flexibility index (Phi) is 8.95. The summed E-state index contributed by atoms with van der Waals surface area (Å²) < 4.78 is 60.9. The lowest BCUT2D eigenvalue weighted by atomic mass is 9.85. The molecule has 0 saturated heterocycles. The molecule has 0 aliphatic carbocycles. The third-order valence-corrected chi connectivity index (χ3v) is 5.27. The first-order chi connectivity index (χ1) is 16.8. The van der Waals surface area contributed by atoms with Crippen molar-refractivity contribution in [3.63, 3.8) is 0 Å². The summed E-state index contributed by atoms with van der Waals surface area (Å²) in [5.74, 6) is -1.55. The normalized spacial score (nSPS) is 16.5. The second-order valence-corrected chi connectivity index (χ2v) is 10.5. The molecular formula is C23H27ClF3NO9. The van der Waals surface area contributed by atoms with Crippen LogP contribution in [0.3, 0.4) is 0 Å². The van der Waals surface area contributed by atoms with E-state index in [1.54, 1.807) is 0 Å². The standard InChI is InChI=1S/C23H27ClF3NO9/c1-12(36-20(30)33-10-22(5,6)11-34-28(31)32)35-19(29)14-7-13-8-16(24)15(21(2,3)4)9-17(13)37-18(14)23(25,26)27/h7-9,12,18H,10-11H2,1-6H3. The quantitative estimate of drug-likeness (QED) is 0.174. The van der Waals surface area contributed by atoms with Crippen LogP contribution in [0.4, 0.5) is 18.0 Å². The Balaban J connectivity index is 2.14. The average Bonchev–Trinajstić information content (AvgIpc) is 2.73. The second-order valence-electron chi connectivity index (χ2n) is 10.0. The highest BCUT2D eigenvalue weighted by Gasteiger charge is 2.49. The van der Waals surface area contributed by atoms with Gasteiger partial charge in [0.25, 0.3) is 5.09 Å². The van der Waals surface area contributed by atoms with Gasteiger partial charge in [-0.1, -0.05) is 46.2 Å². The van der Waals surface area contributed by atoms with Crippen LogP contribution in [0, 0.1) is 15.5 Å². The van der Waals surface area contributed by atoms with Gasteiger partial charge >= 0.3 is 18.3 Å². The van der Waals surface area contributed by atoms with Crippen LogP contribution in [0.1, 0.15) is 52.7 Å². The summed E-state index contributed by atoms with van der Waals surface area (Å²) >= 11 is 6.30. The molecule has 0 spiro atoms. The van der Waals surface area contributed by atoms with E-state index in [2.05, 4.69) is 4.84 Å². The summed E-state index contributed by atoms with van der Waals surface area (Å²) in [5, 5.41) is 9.57. The van der Waals surface area contributed by atoms with E-state index in [1.807, 2.05) is 20.8 Å². The fourth-order valence-electron chi connectivity index (χ4n) is 3.14. The van der Waals surface area contributed by atoms with E-state index in [4.69, 9.17) is 30.5 Å². The Labute approximate surface area is 215 Å². The zero-order valence-corrected chi connectivity index (χ0v) is 21.7. The Hall–Kier alpha value is -3.22. The van der Waals surface area contributed by atoms with Gasteiger partial charge in [-0.25, -0.2) is 9.59 Å². The molecule has 0 fully saturated rings. The topological polar surface area (TPSA) is 123 Å². The monoisotopic (exact) mass is 553 g/mol. The van der Waals surface area contributed by atoms with Crippen molar-refractivity contribution in [1.29, 1.82) is 0 Å². The van der Waals surface area contributed by atoms with E-state index in [0.29, 0.717) is 5.56 Å². The number of fused-ring (bicyclic) bond motifs is 1.